The summed E-state index contributed by atoms with van der Waals surface area (Å²) in [5.41, 5.74) is 2.41. The molecule has 0 unspecified atom stereocenters. The van der Waals surface area contributed by atoms with E-state index in [-0.39, 0.29) is 0 Å². The van der Waals surface area contributed by atoms with Gasteiger partial charge in [0, 0.05) is 36.1 Å². The van der Waals surface area contributed by atoms with Gasteiger partial charge in [0.2, 0.25) is 0 Å². The zero-order chi connectivity index (χ0) is 15.6. The summed E-state index contributed by atoms with van der Waals surface area (Å²) in [6, 6.07) is 4.50. The predicted molar refractivity (Wildman–Crippen MR) is 88.5 cm³/mol. The molecule has 0 aliphatic heterocycles. The third-order valence-corrected chi connectivity index (χ3v) is 4.93. The van der Waals surface area contributed by atoms with Gasteiger partial charge in [0.25, 0.3) is 0 Å². The summed E-state index contributed by atoms with van der Waals surface area (Å²) in [4.78, 5) is 0. The van der Waals surface area contributed by atoms with Crippen LogP contribution < -0.4 is 0 Å². The third kappa shape index (κ3) is 4.95. The predicted octanol–water partition coefficient (Wildman–Crippen LogP) is 4.77. The molecule has 2 aliphatic carbocycles. The second kappa shape index (κ2) is 9.36. The van der Waals surface area contributed by atoms with Crippen LogP contribution in [0.15, 0.2) is 10.2 Å². The summed E-state index contributed by atoms with van der Waals surface area (Å²) in [6.45, 7) is 0. The van der Waals surface area contributed by atoms with Crippen molar-refractivity contribution >= 4 is 11.4 Å². The van der Waals surface area contributed by atoms with Crippen molar-refractivity contribution in [3.05, 3.63) is 0 Å². The van der Waals surface area contributed by atoms with Crippen LogP contribution in [-0.4, -0.2) is 11.4 Å². The maximum atomic E-state index is 8.79. The second-order valence-electron chi connectivity index (χ2n) is 6.46. The van der Waals surface area contributed by atoms with Gasteiger partial charge in [0.1, 0.15) is 0 Å². The van der Waals surface area contributed by atoms with E-state index < -0.39 is 0 Å². The first-order chi connectivity index (χ1) is 10.8. The monoisotopic (exact) mass is 298 g/mol. The maximum Gasteiger partial charge on any atom is 0.0621 e. The average molecular weight is 298 g/mol. The molecule has 0 heterocycles. The molecule has 0 amide bonds. The highest BCUT2D eigenvalue weighted by molar-refractivity contribution is 5.90. The van der Waals surface area contributed by atoms with Crippen LogP contribution in [0, 0.1) is 34.5 Å². The molecule has 22 heavy (non-hydrogen) atoms. The van der Waals surface area contributed by atoms with Crippen LogP contribution in [0.5, 0.6) is 0 Å². The zero-order valence-corrected chi connectivity index (χ0v) is 13.4. The fraction of sp³-hybridized carbons (Fsp3) is 0.778. The van der Waals surface area contributed by atoms with Crippen molar-refractivity contribution in [3.63, 3.8) is 0 Å². The minimum atomic E-state index is 0.457. The molecule has 0 aromatic carbocycles. The van der Waals surface area contributed by atoms with Gasteiger partial charge in [-0.05, 0) is 51.4 Å². The van der Waals surface area contributed by atoms with Crippen LogP contribution in [-0.2, 0) is 0 Å². The number of hydrogen-bond donors (Lipinski definition) is 0. The first-order valence-electron chi connectivity index (χ1n) is 8.72. The number of hydrogen-bond acceptors (Lipinski definition) is 4. The van der Waals surface area contributed by atoms with Gasteiger partial charge >= 0.3 is 0 Å². The van der Waals surface area contributed by atoms with E-state index in [1.807, 2.05) is 0 Å². The lowest BCUT2D eigenvalue weighted by molar-refractivity contribution is 0.494. The summed E-state index contributed by atoms with van der Waals surface area (Å²) in [7, 11) is 0. The lowest BCUT2D eigenvalue weighted by atomic mass is 9.84. The molecule has 4 nitrogen and oxygen atoms in total. The average Bonchev–Trinajstić information content (AvgIpc) is 2.57. The highest BCUT2D eigenvalue weighted by Crippen LogP contribution is 2.28. The number of nitrogens with zero attached hydrogens (tertiary/aromatic N) is 4. The first-order valence-corrected chi connectivity index (χ1v) is 8.72. The van der Waals surface area contributed by atoms with E-state index in [1.54, 1.807) is 0 Å². The second-order valence-corrected chi connectivity index (χ2v) is 6.46. The minimum absolute atomic E-state index is 0.457. The van der Waals surface area contributed by atoms with Crippen molar-refractivity contribution in [1.29, 1.82) is 10.5 Å². The Balaban J connectivity index is 2.04. The fourth-order valence-electron chi connectivity index (χ4n) is 3.63. The molecule has 2 aliphatic rings. The van der Waals surface area contributed by atoms with Crippen molar-refractivity contribution < 1.29 is 0 Å². The van der Waals surface area contributed by atoms with E-state index in [0.29, 0.717) is 24.7 Å². The van der Waals surface area contributed by atoms with Crippen LogP contribution in [0.25, 0.3) is 0 Å². The van der Waals surface area contributed by atoms with E-state index in [1.165, 1.54) is 37.1 Å². The summed E-state index contributed by atoms with van der Waals surface area (Å²) < 4.78 is 0. The maximum absolute atomic E-state index is 8.79. The summed E-state index contributed by atoms with van der Waals surface area (Å²) >= 11 is 0. The lowest BCUT2D eigenvalue weighted by Gasteiger charge is -2.24. The molecule has 0 saturated heterocycles. The Kier molecular flexibility index (Phi) is 7.10. The van der Waals surface area contributed by atoms with E-state index >= 15 is 0 Å². The van der Waals surface area contributed by atoms with Gasteiger partial charge in [-0.2, -0.15) is 20.7 Å². The van der Waals surface area contributed by atoms with Crippen LogP contribution in [0.4, 0.5) is 0 Å². The van der Waals surface area contributed by atoms with E-state index in [9.17, 15) is 0 Å². The molecule has 0 bridgehead atoms. The summed E-state index contributed by atoms with van der Waals surface area (Å²) in [5.74, 6) is 0.915. The van der Waals surface area contributed by atoms with Gasteiger partial charge in [-0.15, -0.1) is 0 Å². The van der Waals surface area contributed by atoms with Crippen molar-refractivity contribution in [2.45, 2.75) is 77.0 Å². The largest absolute Gasteiger partial charge is 0.198 e. The van der Waals surface area contributed by atoms with Gasteiger partial charge in [0.05, 0.1) is 12.1 Å². The zero-order valence-electron chi connectivity index (χ0n) is 13.4. The molecule has 2 rings (SSSR count). The highest BCUT2D eigenvalue weighted by atomic mass is 15.2. The van der Waals surface area contributed by atoms with Gasteiger partial charge in [-0.1, -0.05) is 12.8 Å². The molecule has 0 aromatic heterocycles. The van der Waals surface area contributed by atoms with Crippen molar-refractivity contribution in [1.82, 2.24) is 0 Å². The summed E-state index contributed by atoms with van der Waals surface area (Å²) in [5, 5.41) is 26.8. The molecule has 0 spiro atoms. The smallest absolute Gasteiger partial charge is 0.0621 e. The Bertz CT molecular complexity index is 446. The quantitative estimate of drug-likeness (QED) is 0.686. The van der Waals surface area contributed by atoms with Crippen LogP contribution in [0.2, 0.25) is 0 Å². The minimum Gasteiger partial charge on any atom is -0.198 e. The standard InChI is InChI=1S/C18H26N4/c19-13-5-9-15-7-1-3-11-17(15)21-22-18-12-4-2-8-16(18)10-6-14-20/h15-16H,1-12H2/b21-17-,22-18-/t15-,16-/m0/s1. The first kappa shape index (κ1) is 16.7. The summed E-state index contributed by atoms with van der Waals surface area (Å²) in [6.07, 6.45) is 12.4. The van der Waals surface area contributed by atoms with Crippen molar-refractivity contribution in [2.75, 3.05) is 0 Å². The normalized spacial score (nSPS) is 29.2. The van der Waals surface area contributed by atoms with Gasteiger partial charge < -0.3 is 0 Å². The Labute approximate surface area is 133 Å². The van der Waals surface area contributed by atoms with Crippen LogP contribution >= 0.6 is 0 Å². The van der Waals surface area contributed by atoms with E-state index in [2.05, 4.69) is 22.3 Å². The molecule has 118 valence electrons. The van der Waals surface area contributed by atoms with Crippen LogP contribution in [0.1, 0.15) is 77.0 Å². The third-order valence-electron chi connectivity index (χ3n) is 4.93. The Morgan fingerprint density at radius 1 is 0.773 bits per heavy atom. The number of rotatable bonds is 5. The highest BCUT2D eigenvalue weighted by Gasteiger charge is 2.22. The molecule has 0 N–H and O–H groups in total. The SMILES string of the molecule is N#CCC[C@@H]1CCCC/C1=N/N=C1/CCCC[C@H]1CCC#N. The Morgan fingerprint density at radius 2 is 1.23 bits per heavy atom. The van der Waals surface area contributed by atoms with Crippen LogP contribution in [0.3, 0.4) is 0 Å². The molecular formula is C18H26N4. The Morgan fingerprint density at radius 3 is 1.64 bits per heavy atom. The van der Waals surface area contributed by atoms with E-state index in [0.717, 1.165) is 38.5 Å². The Hall–Kier alpha value is -1.68. The van der Waals surface area contributed by atoms with Gasteiger partial charge in [-0.25, -0.2) is 0 Å². The number of nitriles is 2. The molecule has 0 radical (unpaired) electrons. The topological polar surface area (TPSA) is 72.3 Å². The van der Waals surface area contributed by atoms with Crippen molar-refractivity contribution in [2.24, 2.45) is 22.0 Å². The lowest BCUT2D eigenvalue weighted by Crippen LogP contribution is -2.21. The molecule has 2 saturated carbocycles. The van der Waals surface area contributed by atoms with E-state index in [4.69, 9.17) is 10.5 Å². The molecule has 4 heteroatoms. The molecular weight excluding hydrogens is 272 g/mol. The molecule has 0 aromatic rings. The van der Waals surface area contributed by atoms with Gasteiger partial charge in [0.15, 0.2) is 0 Å². The molecule has 2 fully saturated rings. The fourth-order valence-corrected chi connectivity index (χ4v) is 3.63. The molecule has 2 atom stereocenters. The van der Waals surface area contributed by atoms with Crippen molar-refractivity contribution in [3.8, 4) is 12.1 Å². The van der Waals surface area contributed by atoms with Gasteiger partial charge in [-0.3, -0.25) is 0 Å².